The van der Waals surface area contributed by atoms with Crippen LogP contribution in [0.1, 0.15) is 0 Å². The molecular formula is C40H26N2O. The number of anilines is 3. The van der Waals surface area contributed by atoms with Gasteiger partial charge < -0.3 is 13.9 Å². The van der Waals surface area contributed by atoms with E-state index < -0.39 is 0 Å². The van der Waals surface area contributed by atoms with Gasteiger partial charge in [0.2, 0.25) is 0 Å². The Kier molecular flexibility index (Phi) is 5.20. The highest BCUT2D eigenvalue weighted by molar-refractivity contribution is 6.12. The molecule has 3 heteroatoms. The van der Waals surface area contributed by atoms with Crippen LogP contribution in [-0.4, -0.2) is 4.57 Å². The number of rotatable bonds is 4. The molecule has 0 atom stereocenters. The summed E-state index contributed by atoms with van der Waals surface area (Å²) in [5, 5.41) is 7.14. The number of furan rings is 1. The van der Waals surface area contributed by atoms with Crippen molar-refractivity contribution in [1.29, 1.82) is 0 Å². The quantitative estimate of drug-likeness (QED) is 0.217. The van der Waals surface area contributed by atoms with Gasteiger partial charge in [-0.2, -0.15) is 0 Å². The van der Waals surface area contributed by atoms with E-state index in [1.807, 2.05) is 0 Å². The Morgan fingerprint density at radius 2 is 1.00 bits per heavy atom. The summed E-state index contributed by atoms with van der Waals surface area (Å²) in [7, 11) is 0. The van der Waals surface area contributed by atoms with Crippen molar-refractivity contribution in [2.45, 2.75) is 0 Å². The summed E-state index contributed by atoms with van der Waals surface area (Å²) in [6, 6.07) is 56.0. The highest BCUT2D eigenvalue weighted by Crippen LogP contribution is 2.41. The molecule has 0 saturated heterocycles. The first-order chi connectivity index (χ1) is 21.3. The van der Waals surface area contributed by atoms with Crippen molar-refractivity contribution in [2.75, 3.05) is 4.90 Å². The van der Waals surface area contributed by atoms with Gasteiger partial charge in [0.15, 0.2) is 0 Å². The minimum absolute atomic E-state index is 0.878. The molecule has 0 bridgehead atoms. The van der Waals surface area contributed by atoms with Crippen molar-refractivity contribution in [1.82, 2.24) is 4.57 Å². The van der Waals surface area contributed by atoms with E-state index in [4.69, 9.17) is 4.42 Å². The Morgan fingerprint density at radius 3 is 1.81 bits per heavy atom. The molecule has 0 saturated carbocycles. The van der Waals surface area contributed by atoms with E-state index in [0.29, 0.717) is 0 Å². The predicted octanol–water partition coefficient (Wildman–Crippen LogP) is 11.3. The molecule has 0 amide bonds. The Hall–Kier alpha value is -5.80. The number of hydrogen-bond acceptors (Lipinski definition) is 2. The summed E-state index contributed by atoms with van der Waals surface area (Å²) >= 11 is 0. The van der Waals surface area contributed by atoms with E-state index in [2.05, 4.69) is 167 Å². The predicted molar refractivity (Wildman–Crippen MR) is 180 cm³/mol. The van der Waals surface area contributed by atoms with Crippen molar-refractivity contribution < 1.29 is 4.42 Å². The van der Waals surface area contributed by atoms with E-state index in [-0.39, 0.29) is 0 Å². The van der Waals surface area contributed by atoms with E-state index >= 15 is 0 Å². The van der Waals surface area contributed by atoms with Crippen LogP contribution in [0.5, 0.6) is 0 Å². The van der Waals surface area contributed by atoms with Crippen molar-refractivity contribution >= 4 is 71.6 Å². The van der Waals surface area contributed by atoms with Crippen molar-refractivity contribution in [3.8, 4) is 5.69 Å². The Labute approximate surface area is 248 Å². The van der Waals surface area contributed by atoms with Crippen LogP contribution < -0.4 is 4.90 Å². The molecule has 9 rings (SSSR count). The number of fused-ring (bicyclic) bond motifs is 7. The maximum absolute atomic E-state index is 6.48. The van der Waals surface area contributed by atoms with Crippen molar-refractivity contribution in [2.24, 2.45) is 0 Å². The van der Waals surface area contributed by atoms with Gasteiger partial charge in [-0.15, -0.1) is 0 Å². The summed E-state index contributed by atoms with van der Waals surface area (Å²) in [5.74, 6) is 0. The number of aromatic nitrogens is 1. The van der Waals surface area contributed by atoms with Gasteiger partial charge in [-0.05, 0) is 77.5 Å². The lowest BCUT2D eigenvalue weighted by atomic mass is 10.1. The van der Waals surface area contributed by atoms with Gasteiger partial charge in [-0.1, -0.05) is 84.9 Å². The van der Waals surface area contributed by atoms with Gasteiger partial charge >= 0.3 is 0 Å². The topological polar surface area (TPSA) is 21.3 Å². The van der Waals surface area contributed by atoms with E-state index in [0.717, 1.165) is 44.7 Å². The molecule has 0 radical (unpaired) electrons. The highest BCUT2D eigenvalue weighted by atomic mass is 16.3. The first-order valence-corrected chi connectivity index (χ1v) is 14.6. The fourth-order valence-electron chi connectivity index (χ4n) is 6.57. The van der Waals surface area contributed by atoms with Crippen LogP contribution in [0.2, 0.25) is 0 Å². The smallest absolute Gasteiger partial charge is 0.137 e. The van der Waals surface area contributed by atoms with Crippen molar-refractivity contribution in [3.63, 3.8) is 0 Å². The number of hydrogen-bond donors (Lipinski definition) is 0. The third-order valence-electron chi connectivity index (χ3n) is 8.53. The van der Waals surface area contributed by atoms with E-state index in [1.54, 1.807) is 0 Å². The second-order valence-corrected chi connectivity index (χ2v) is 11.0. The zero-order chi connectivity index (χ0) is 28.3. The first-order valence-electron chi connectivity index (χ1n) is 14.6. The average molecular weight is 551 g/mol. The lowest BCUT2D eigenvalue weighted by Gasteiger charge is -2.25. The minimum atomic E-state index is 0.878. The third-order valence-corrected chi connectivity index (χ3v) is 8.53. The maximum atomic E-state index is 6.48. The van der Waals surface area contributed by atoms with E-state index in [1.165, 1.54) is 32.6 Å². The Morgan fingerprint density at radius 1 is 0.395 bits per heavy atom. The van der Waals surface area contributed by atoms with Gasteiger partial charge in [0.1, 0.15) is 11.2 Å². The molecule has 0 aliphatic heterocycles. The first kappa shape index (κ1) is 23.9. The Bertz CT molecular complexity index is 2450. The molecular weight excluding hydrogens is 524 g/mol. The summed E-state index contributed by atoms with van der Waals surface area (Å²) in [5.41, 5.74) is 8.52. The molecule has 0 spiro atoms. The largest absolute Gasteiger partial charge is 0.456 e. The van der Waals surface area contributed by atoms with Crippen LogP contribution in [0.25, 0.3) is 60.2 Å². The summed E-state index contributed by atoms with van der Waals surface area (Å²) in [6.45, 7) is 0. The zero-order valence-electron chi connectivity index (χ0n) is 23.3. The highest BCUT2D eigenvalue weighted by Gasteiger charge is 2.18. The zero-order valence-corrected chi connectivity index (χ0v) is 23.3. The maximum Gasteiger partial charge on any atom is 0.137 e. The second kappa shape index (κ2) is 9.37. The molecule has 0 aliphatic rings. The molecule has 2 aromatic heterocycles. The van der Waals surface area contributed by atoms with Crippen LogP contribution in [0.3, 0.4) is 0 Å². The van der Waals surface area contributed by atoms with Crippen LogP contribution in [-0.2, 0) is 0 Å². The van der Waals surface area contributed by atoms with Crippen LogP contribution in [0, 0.1) is 0 Å². The van der Waals surface area contributed by atoms with Gasteiger partial charge in [0, 0.05) is 50.4 Å². The lowest BCUT2D eigenvalue weighted by molar-refractivity contribution is 0.669. The summed E-state index contributed by atoms with van der Waals surface area (Å²) in [4.78, 5) is 2.32. The van der Waals surface area contributed by atoms with Crippen LogP contribution >= 0.6 is 0 Å². The molecule has 7 aromatic carbocycles. The molecule has 0 N–H and O–H groups in total. The SMILES string of the molecule is c1ccc(N(c2ccc3c(c2)oc2cc4ccccc4cc23)c2ccc3c4ccccc4n(-c4ccccc4)c3c2)cc1. The van der Waals surface area contributed by atoms with Gasteiger partial charge in [-0.3, -0.25) is 0 Å². The molecule has 0 unspecified atom stereocenters. The van der Waals surface area contributed by atoms with Gasteiger partial charge in [0.05, 0.1) is 11.0 Å². The Balaban J connectivity index is 1.28. The van der Waals surface area contributed by atoms with E-state index in [9.17, 15) is 0 Å². The fraction of sp³-hybridized carbons (Fsp3) is 0. The number of benzene rings is 7. The second-order valence-electron chi connectivity index (χ2n) is 11.0. The summed E-state index contributed by atoms with van der Waals surface area (Å²) in [6.07, 6.45) is 0. The fourth-order valence-corrected chi connectivity index (χ4v) is 6.57. The average Bonchev–Trinajstić information content (AvgIpc) is 3.59. The molecule has 9 aromatic rings. The standard InChI is InChI=1S/C40H26N2O/c1-3-13-29(14-4-1)41(32-20-22-35-36-23-27-11-7-8-12-28(27)24-39(36)43-40(35)26-32)31-19-21-34-33-17-9-10-18-37(33)42(38(34)25-31)30-15-5-2-6-16-30/h1-26H. The molecule has 0 fully saturated rings. The number of para-hydroxylation sites is 3. The molecule has 2 heterocycles. The van der Waals surface area contributed by atoms with Gasteiger partial charge in [-0.25, -0.2) is 0 Å². The molecule has 3 nitrogen and oxygen atoms in total. The minimum Gasteiger partial charge on any atom is -0.456 e. The molecule has 0 aliphatic carbocycles. The molecule has 202 valence electrons. The third kappa shape index (κ3) is 3.75. The van der Waals surface area contributed by atoms with Gasteiger partial charge in [0.25, 0.3) is 0 Å². The monoisotopic (exact) mass is 550 g/mol. The van der Waals surface area contributed by atoms with Crippen molar-refractivity contribution in [3.05, 3.63) is 158 Å². The summed E-state index contributed by atoms with van der Waals surface area (Å²) < 4.78 is 8.84. The number of nitrogens with zero attached hydrogens (tertiary/aromatic N) is 2. The molecule has 43 heavy (non-hydrogen) atoms. The lowest BCUT2D eigenvalue weighted by Crippen LogP contribution is -2.09. The van der Waals surface area contributed by atoms with Crippen LogP contribution in [0.4, 0.5) is 17.1 Å². The normalized spacial score (nSPS) is 11.7. The van der Waals surface area contributed by atoms with Crippen LogP contribution in [0.15, 0.2) is 162 Å².